The van der Waals surface area contributed by atoms with Gasteiger partial charge in [-0.25, -0.2) is 0 Å². The number of aliphatic hydroxyl groups excluding tert-OH is 1. The molecule has 2 bridgehead atoms. The van der Waals surface area contributed by atoms with Crippen molar-refractivity contribution < 1.29 is 9.90 Å². The predicted octanol–water partition coefficient (Wildman–Crippen LogP) is 3.79. The van der Waals surface area contributed by atoms with Gasteiger partial charge in [-0.3, -0.25) is 4.79 Å². The molecule has 3 rings (SSSR count). The molecule has 2 atom stereocenters. The van der Waals surface area contributed by atoms with Gasteiger partial charge in [-0.15, -0.1) is 0 Å². The minimum Gasteiger partial charge on any atom is -0.393 e. The number of hydrogen-bond acceptors (Lipinski definition) is 2. The molecule has 2 aliphatic heterocycles. The quantitative estimate of drug-likeness (QED) is 0.888. The molecule has 2 unspecified atom stereocenters. The van der Waals surface area contributed by atoms with Crippen molar-refractivity contribution in [3.63, 3.8) is 0 Å². The molecule has 1 amide bonds. The van der Waals surface area contributed by atoms with Crippen molar-refractivity contribution >= 4 is 29.1 Å². The van der Waals surface area contributed by atoms with E-state index in [2.05, 4.69) is 0 Å². The van der Waals surface area contributed by atoms with E-state index in [0.29, 0.717) is 22.9 Å². The first-order valence-electron chi connectivity index (χ1n) is 7.77. The van der Waals surface area contributed by atoms with E-state index < -0.39 is 5.41 Å². The summed E-state index contributed by atoms with van der Waals surface area (Å²) in [5, 5.41) is 10.9. The number of rotatable bonds is 2. The van der Waals surface area contributed by atoms with E-state index in [4.69, 9.17) is 23.2 Å². The van der Waals surface area contributed by atoms with Crippen molar-refractivity contribution in [3.05, 3.63) is 33.8 Å². The molecule has 0 radical (unpaired) electrons. The van der Waals surface area contributed by atoms with Gasteiger partial charge in [0.15, 0.2) is 0 Å². The Balaban J connectivity index is 1.89. The first kappa shape index (κ1) is 16.1. The summed E-state index contributed by atoms with van der Waals surface area (Å²) in [5.41, 5.74) is 0.217. The fraction of sp³-hybridized carbons (Fsp3) is 0.588. The molecular weight excluding hydrogens is 321 g/mol. The van der Waals surface area contributed by atoms with Crippen LogP contribution in [0.5, 0.6) is 0 Å². The highest BCUT2D eigenvalue weighted by molar-refractivity contribution is 6.42. The lowest BCUT2D eigenvalue weighted by Crippen LogP contribution is -2.53. The van der Waals surface area contributed by atoms with E-state index in [1.54, 1.807) is 12.1 Å². The molecule has 120 valence electrons. The summed E-state index contributed by atoms with van der Waals surface area (Å²) in [5.74, 6) is 0.116. The maximum Gasteiger partial charge on any atom is 0.233 e. The summed E-state index contributed by atoms with van der Waals surface area (Å²) in [7, 11) is 0. The van der Waals surface area contributed by atoms with E-state index in [1.165, 1.54) is 0 Å². The SMILES string of the molecule is CC(C)(C(=O)N1C2CCC1CC(O)C2)c1ccc(Cl)c(Cl)c1. The first-order chi connectivity index (χ1) is 10.3. The smallest absolute Gasteiger partial charge is 0.233 e. The normalized spacial score (nSPS) is 28.0. The van der Waals surface area contributed by atoms with Crippen molar-refractivity contribution in [2.45, 2.75) is 63.1 Å². The standard InChI is InChI=1S/C17H21Cl2NO2/c1-17(2,10-3-6-14(18)15(19)7-10)16(22)20-11-4-5-12(20)9-13(21)8-11/h3,6-7,11-13,21H,4-5,8-9H2,1-2H3. The highest BCUT2D eigenvalue weighted by Gasteiger charge is 2.47. The summed E-state index contributed by atoms with van der Waals surface area (Å²) in [6.07, 6.45) is 3.10. The van der Waals surface area contributed by atoms with Gasteiger partial charge in [0.1, 0.15) is 0 Å². The van der Waals surface area contributed by atoms with E-state index in [-0.39, 0.29) is 24.1 Å². The van der Waals surface area contributed by atoms with Gasteiger partial charge in [0.05, 0.1) is 21.6 Å². The minimum absolute atomic E-state index is 0.116. The molecule has 0 spiro atoms. The topological polar surface area (TPSA) is 40.5 Å². The summed E-state index contributed by atoms with van der Waals surface area (Å²) in [6, 6.07) is 5.73. The Morgan fingerprint density at radius 3 is 2.32 bits per heavy atom. The molecule has 0 aromatic heterocycles. The Morgan fingerprint density at radius 2 is 1.77 bits per heavy atom. The van der Waals surface area contributed by atoms with Crippen LogP contribution in [0.25, 0.3) is 0 Å². The number of amides is 1. The van der Waals surface area contributed by atoms with Gasteiger partial charge >= 0.3 is 0 Å². The highest BCUT2D eigenvalue weighted by Crippen LogP contribution is 2.40. The van der Waals surface area contributed by atoms with Gasteiger partial charge in [0, 0.05) is 12.1 Å². The number of carbonyl (C=O) groups is 1. The van der Waals surface area contributed by atoms with Crippen molar-refractivity contribution in [1.82, 2.24) is 4.90 Å². The largest absolute Gasteiger partial charge is 0.393 e. The zero-order valence-electron chi connectivity index (χ0n) is 12.9. The molecule has 3 nitrogen and oxygen atoms in total. The van der Waals surface area contributed by atoms with Crippen LogP contribution in [0.1, 0.15) is 45.1 Å². The lowest BCUT2D eigenvalue weighted by molar-refractivity contribution is -0.142. The molecule has 22 heavy (non-hydrogen) atoms. The molecule has 2 heterocycles. The van der Waals surface area contributed by atoms with Crippen molar-refractivity contribution in [3.8, 4) is 0 Å². The summed E-state index contributed by atoms with van der Waals surface area (Å²) in [6.45, 7) is 3.86. The number of hydrogen-bond donors (Lipinski definition) is 1. The molecule has 1 N–H and O–H groups in total. The average Bonchev–Trinajstić information content (AvgIpc) is 2.72. The van der Waals surface area contributed by atoms with E-state index >= 15 is 0 Å². The molecular formula is C17H21Cl2NO2. The number of halogens is 2. The van der Waals surface area contributed by atoms with Crippen molar-refractivity contribution in [1.29, 1.82) is 0 Å². The van der Waals surface area contributed by atoms with Crippen molar-refractivity contribution in [2.24, 2.45) is 0 Å². The number of aliphatic hydroxyl groups is 1. The molecule has 1 aromatic carbocycles. The van der Waals surface area contributed by atoms with Crippen LogP contribution in [0.3, 0.4) is 0 Å². The molecule has 0 aliphatic carbocycles. The summed E-state index contributed by atoms with van der Waals surface area (Å²) < 4.78 is 0. The average molecular weight is 342 g/mol. The maximum absolute atomic E-state index is 13.2. The van der Waals surface area contributed by atoms with Gasteiger partial charge < -0.3 is 10.0 Å². The van der Waals surface area contributed by atoms with Gasteiger partial charge in [0.25, 0.3) is 0 Å². The second-order valence-electron chi connectivity index (χ2n) is 6.98. The van der Waals surface area contributed by atoms with Crippen LogP contribution in [0.4, 0.5) is 0 Å². The third-order valence-electron chi connectivity index (χ3n) is 5.12. The van der Waals surface area contributed by atoms with Gasteiger partial charge in [-0.1, -0.05) is 29.3 Å². The number of piperidine rings is 1. The summed E-state index contributed by atoms with van der Waals surface area (Å²) >= 11 is 12.1. The second kappa shape index (κ2) is 5.70. The van der Waals surface area contributed by atoms with Crippen LogP contribution in [-0.4, -0.2) is 34.1 Å². The number of benzene rings is 1. The van der Waals surface area contributed by atoms with Crippen LogP contribution in [0.15, 0.2) is 18.2 Å². The molecule has 2 fully saturated rings. The van der Waals surface area contributed by atoms with Crippen LogP contribution in [0, 0.1) is 0 Å². The van der Waals surface area contributed by atoms with Crippen LogP contribution < -0.4 is 0 Å². The zero-order chi connectivity index (χ0) is 16.1. The van der Waals surface area contributed by atoms with Crippen LogP contribution in [0.2, 0.25) is 10.0 Å². The molecule has 2 saturated heterocycles. The Hall–Kier alpha value is -0.770. The molecule has 2 aliphatic rings. The van der Waals surface area contributed by atoms with Gasteiger partial charge in [0.2, 0.25) is 5.91 Å². The highest BCUT2D eigenvalue weighted by atomic mass is 35.5. The first-order valence-corrected chi connectivity index (χ1v) is 8.52. The number of fused-ring (bicyclic) bond motifs is 2. The maximum atomic E-state index is 13.2. The Labute approximate surface area is 141 Å². The third-order valence-corrected chi connectivity index (χ3v) is 5.86. The lowest BCUT2D eigenvalue weighted by atomic mass is 9.82. The number of nitrogens with zero attached hydrogens (tertiary/aromatic N) is 1. The van der Waals surface area contributed by atoms with Gasteiger partial charge in [-0.05, 0) is 57.2 Å². The molecule has 1 aromatic rings. The van der Waals surface area contributed by atoms with E-state index in [9.17, 15) is 9.90 Å². The van der Waals surface area contributed by atoms with Crippen LogP contribution >= 0.6 is 23.2 Å². The Bertz CT molecular complexity index is 588. The third kappa shape index (κ3) is 2.64. The minimum atomic E-state index is -0.655. The fourth-order valence-corrected chi connectivity index (χ4v) is 4.11. The zero-order valence-corrected chi connectivity index (χ0v) is 14.4. The van der Waals surface area contributed by atoms with E-state index in [1.807, 2.05) is 24.8 Å². The molecule has 0 saturated carbocycles. The lowest BCUT2D eigenvalue weighted by Gasteiger charge is -2.41. The summed E-state index contributed by atoms with van der Waals surface area (Å²) in [4.78, 5) is 15.2. The molecule has 5 heteroatoms. The van der Waals surface area contributed by atoms with Crippen LogP contribution in [-0.2, 0) is 10.2 Å². The van der Waals surface area contributed by atoms with Crippen molar-refractivity contribution in [2.75, 3.05) is 0 Å². The van der Waals surface area contributed by atoms with Gasteiger partial charge in [-0.2, -0.15) is 0 Å². The Morgan fingerprint density at radius 1 is 1.18 bits per heavy atom. The second-order valence-corrected chi connectivity index (χ2v) is 7.79. The predicted molar refractivity (Wildman–Crippen MR) is 88.4 cm³/mol. The fourth-order valence-electron chi connectivity index (χ4n) is 3.81. The number of carbonyl (C=O) groups excluding carboxylic acids is 1. The monoisotopic (exact) mass is 341 g/mol. The van der Waals surface area contributed by atoms with E-state index in [0.717, 1.165) is 18.4 Å². The Kier molecular flexibility index (Phi) is 4.17.